The fourth-order valence-electron chi connectivity index (χ4n) is 2.43. The summed E-state index contributed by atoms with van der Waals surface area (Å²) in [4.78, 5) is 11.2. The van der Waals surface area contributed by atoms with Gasteiger partial charge in [-0.15, -0.1) is 0 Å². The molecule has 0 unspecified atom stereocenters. The molecule has 2 N–H and O–H groups in total. The van der Waals surface area contributed by atoms with Crippen molar-refractivity contribution in [3.63, 3.8) is 0 Å². The van der Waals surface area contributed by atoms with Gasteiger partial charge in [0.1, 0.15) is 5.82 Å². The van der Waals surface area contributed by atoms with Crippen molar-refractivity contribution in [2.45, 2.75) is 26.7 Å². The Labute approximate surface area is 115 Å². The number of nitrogens with zero attached hydrogens (tertiary/aromatic N) is 3. The lowest BCUT2D eigenvalue weighted by molar-refractivity contribution is 0.134. The van der Waals surface area contributed by atoms with Crippen LogP contribution in [0.4, 0.5) is 5.82 Å². The van der Waals surface area contributed by atoms with E-state index in [0.717, 1.165) is 56.2 Å². The van der Waals surface area contributed by atoms with Crippen molar-refractivity contribution in [1.29, 1.82) is 0 Å². The van der Waals surface area contributed by atoms with Crippen LogP contribution in [0.3, 0.4) is 0 Å². The zero-order valence-corrected chi connectivity index (χ0v) is 11.9. The average molecular weight is 264 g/mol. The molecule has 0 aliphatic carbocycles. The SMILES string of the molecule is Cc1cnc(C)c(NCCN2CCC(CO)CC2)n1. The smallest absolute Gasteiger partial charge is 0.147 e. The number of anilines is 1. The second-order valence-electron chi connectivity index (χ2n) is 5.34. The maximum Gasteiger partial charge on any atom is 0.147 e. The van der Waals surface area contributed by atoms with Crippen LogP contribution in [0.25, 0.3) is 0 Å². The number of aryl methyl sites for hydroxylation is 2. The molecule has 0 atom stereocenters. The fraction of sp³-hybridized carbons (Fsp3) is 0.714. The molecule has 1 aliphatic heterocycles. The highest BCUT2D eigenvalue weighted by Crippen LogP contribution is 2.16. The Kier molecular flexibility index (Phi) is 5.10. The van der Waals surface area contributed by atoms with Crippen molar-refractivity contribution in [2.75, 3.05) is 38.1 Å². The van der Waals surface area contributed by atoms with Crippen molar-refractivity contribution in [3.05, 3.63) is 17.6 Å². The third-order valence-electron chi connectivity index (χ3n) is 3.76. The van der Waals surface area contributed by atoms with Crippen LogP contribution in [0.2, 0.25) is 0 Å². The summed E-state index contributed by atoms with van der Waals surface area (Å²) in [6, 6.07) is 0. The molecule has 0 bridgehead atoms. The fourth-order valence-corrected chi connectivity index (χ4v) is 2.43. The van der Waals surface area contributed by atoms with Gasteiger partial charge in [-0.1, -0.05) is 0 Å². The molecule has 0 amide bonds. The minimum Gasteiger partial charge on any atom is -0.396 e. The first-order chi connectivity index (χ1) is 9.19. The molecule has 5 heteroatoms. The van der Waals surface area contributed by atoms with Gasteiger partial charge < -0.3 is 15.3 Å². The van der Waals surface area contributed by atoms with E-state index in [1.165, 1.54) is 0 Å². The highest BCUT2D eigenvalue weighted by molar-refractivity contribution is 5.39. The Morgan fingerprint density at radius 2 is 2.11 bits per heavy atom. The van der Waals surface area contributed by atoms with E-state index in [1.54, 1.807) is 6.20 Å². The number of hydrogen-bond donors (Lipinski definition) is 2. The Morgan fingerprint density at radius 1 is 1.37 bits per heavy atom. The lowest BCUT2D eigenvalue weighted by Crippen LogP contribution is -2.37. The van der Waals surface area contributed by atoms with Gasteiger partial charge in [0.2, 0.25) is 0 Å². The van der Waals surface area contributed by atoms with Gasteiger partial charge in [-0.25, -0.2) is 4.98 Å². The molecule has 106 valence electrons. The molecule has 0 spiro atoms. The van der Waals surface area contributed by atoms with E-state index in [0.29, 0.717) is 12.5 Å². The molecule has 5 nitrogen and oxygen atoms in total. The van der Waals surface area contributed by atoms with E-state index in [4.69, 9.17) is 5.11 Å². The Balaban J connectivity index is 1.73. The number of likely N-dealkylation sites (tertiary alicyclic amines) is 1. The van der Waals surface area contributed by atoms with Crippen LogP contribution < -0.4 is 5.32 Å². The molecule has 1 saturated heterocycles. The van der Waals surface area contributed by atoms with Crippen molar-refractivity contribution in [3.8, 4) is 0 Å². The lowest BCUT2D eigenvalue weighted by atomic mass is 9.98. The Bertz CT molecular complexity index is 402. The average Bonchev–Trinajstić information content (AvgIpc) is 2.43. The van der Waals surface area contributed by atoms with E-state index < -0.39 is 0 Å². The summed E-state index contributed by atoms with van der Waals surface area (Å²) in [7, 11) is 0. The number of hydrogen-bond acceptors (Lipinski definition) is 5. The van der Waals surface area contributed by atoms with Crippen LogP contribution in [0.5, 0.6) is 0 Å². The van der Waals surface area contributed by atoms with Crippen molar-refractivity contribution in [1.82, 2.24) is 14.9 Å². The number of piperidine rings is 1. The summed E-state index contributed by atoms with van der Waals surface area (Å²) in [5.74, 6) is 1.40. The summed E-state index contributed by atoms with van der Waals surface area (Å²) in [6.45, 7) is 8.36. The molecule has 0 saturated carbocycles. The molecule has 19 heavy (non-hydrogen) atoms. The first-order valence-electron chi connectivity index (χ1n) is 7.06. The zero-order chi connectivity index (χ0) is 13.7. The van der Waals surface area contributed by atoms with Gasteiger partial charge in [0.15, 0.2) is 0 Å². The van der Waals surface area contributed by atoms with E-state index in [2.05, 4.69) is 20.2 Å². The third-order valence-corrected chi connectivity index (χ3v) is 3.76. The van der Waals surface area contributed by atoms with Crippen LogP contribution in [0.1, 0.15) is 24.2 Å². The van der Waals surface area contributed by atoms with Crippen LogP contribution >= 0.6 is 0 Å². The second-order valence-corrected chi connectivity index (χ2v) is 5.34. The first-order valence-corrected chi connectivity index (χ1v) is 7.06. The molecule has 1 aromatic heterocycles. The van der Waals surface area contributed by atoms with Crippen molar-refractivity contribution >= 4 is 5.82 Å². The largest absolute Gasteiger partial charge is 0.396 e. The van der Waals surface area contributed by atoms with Gasteiger partial charge in [-0.05, 0) is 45.7 Å². The topological polar surface area (TPSA) is 61.3 Å². The van der Waals surface area contributed by atoms with Gasteiger partial charge in [-0.3, -0.25) is 4.98 Å². The maximum absolute atomic E-state index is 9.11. The zero-order valence-electron chi connectivity index (χ0n) is 11.9. The van der Waals surface area contributed by atoms with Crippen molar-refractivity contribution < 1.29 is 5.11 Å². The Morgan fingerprint density at radius 3 is 2.79 bits per heavy atom. The molecule has 1 aromatic rings. The van der Waals surface area contributed by atoms with Crippen LogP contribution in [0.15, 0.2) is 6.20 Å². The number of rotatable bonds is 5. The summed E-state index contributed by atoms with van der Waals surface area (Å²) in [5, 5.41) is 12.5. The van der Waals surface area contributed by atoms with Gasteiger partial charge in [0, 0.05) is 25.9 Å². The quantitative estimate of drug-likeness (QED) is 0.837. The highest BCUT2D eigenvalue weighted by atomic mass is 16.3. The molecular formula is C14H24N4O. The lowest BCUT2D eigenvalue weighted by Gasteiger charge is -2.31. The summed E-state index contributed by atoms with van der Waals surface area (Å²) in [5.41, 5.74) is 1.89. The van der Waals surface area contributed by atoms with Crippen LogP contribution in [-0.4, -0.2) is 52.8 Å². The van der Waals surface area contributed by atoms with Gasteiger partial charge in [-0.2, -0.15) is 0 Å². The van der Waals surface area contributed by atoms with E-state index in [-0.39, 0.29) is 0 Å². The third kappa shape index (κ3) is 4.14. The number of aliphatic hydroxyl groups excluding tert-OH is 1. The number of aromatic nitrogens is 2. The van der Waals surface area contributed by atoms with Crippen LogP contribution in [0, 0.1) is 19.8 Å². The van der Waals surface area contributed by atoms with E-state index in [1.807, 2.05) is 13.8 Å². The highest BCUT2D eigenvalue weighted by Gasteiger charge is 2.17. The predicted molar refractivity (Wildman–Crippen MR) is 76.2 cm³/mol. The van der Waals surface area contributed by atoms with Crippen molar-refractivity contribution in [2.24, 2.45) is 5.92 Å². The van der Waals surface area contributed by atoms with Gasteiger partial charge in [0.25, 0.3) is 0 Å². The molecule has 0 radical (unpaired) electrons. The second kappa shape index (κ2) is 6.82. The minimum atomic E-state index is 0.337. The Hall–Kier alpha value is -1.20. The molecule has 0 aromatic carbocycles. The summed E-state index contributed by atoms with van der Waals surface area (Å²) >= 11 is 0. The standard InChI is InChI=1S/C14H24N4O/c1-11-9-16-12(2)14(17-11)15-5-8-18-6-3-13(10-19)4-7-18/h9,13,19H,3-8,10H2,1-2H3,(H,15,17). The molecule has 1 fully saturated rings. The van der Waals surface area contributed by atoms with E-state index in [9.17, 15) is 0 Å². The molecule has 2 heterocycles. The normalized spacial score (nSPS) is 17.6. The van der Waals surface area contributed by atoms with Gasteiger partial charge in [0.05, 0.1) is 11.4 Å². The molecule has 1 aliphatic rings. The van der Waals surface area contributed by atoms with Crippen LogP contribution in [-0.2, 0) is 0 Å². The summed E-state index contributed by atoms with van der Waals surface area (Å²) in [6.07, 6.45) is 4.01. The number of aliphatic hydroxyl groups is 1. The maximum atomic E-state index is 9.11. The predicted octanol–water partition coefficient (Wildman–Crippen LogP) is 1.21. The first kappa shape index (κ1) is 14.2. The van der Waals surface area contributed by atoms with E-state index >= 15 is 0 Å². The minimum absolute atomic E-state index is 0.337. The monoisotopic (exact) mass is 264 g/mol. The van der Waals surface area contributed by atoms with Gasteiger partial charge >= 0.3 is 0 Å². The molecule has 2 rings (SSSR count). The molecular weight excluding hydrogens is 240 g/mol. The summed E-state index contributed by atoms with van der Waals surface area (Å²) < 4.78 is 0. The number of nitrogens with one attached hydrogen (secondary N) is 1.